The van der Waals surface area contributed by atoms with Crippen molar-refractivity contribution in [2.75, 3.05) is 6.54 Å². The van der Waals surface area contributed by atoms with Crippen molar-refractivity contribution < 1.29 is 0 Å². The molecule has 0 aliphatic rings. The summed E-state index contributed by atoms with van der Waals surface area (Å²) < 4.78 is 1.14. The Bertz CT molecular complexity index is 299. The number of nitrogens with one attached hydrogen (secondary N) is 1. The van der Waals surface area contributed by atoms with Gasteiger partial charge in [0, 0.05) is 20.7 Å². The lowest BCUT2D eigenvalue weighted by Crippen LogP contribution is -2.28. The normalized spacial score (nSPS) is 14.8. The van der Waals surface area contributed by atoms with E-state index in [1.807, 2.05) is 11.8 Å². The largest absolute Gasteiger partial charge is 0.314 e. The maximum atomic E-state index is 3.45. The number of hydrogen-bond acceptors (Lipinski definition) is 2. The van der Waals surface area contributed by atoms with Crippen LogP contribution in [0.5, 0.6) is 0 Å². The Labute approximate surface area is 112 Å². The smallest absolute Gasteiger partial charge is 0.0176 e. The van der Waals surface area contributed by atoms with E-state index in [1.165, 1.54) is 11.3 Å². The summed E-state index contributed by atoms with van der Waals surface area (Å²) in [4.78, 5) is 1.35. The molecule has 0 saturated heterocycles. The molecule has 0 heterocycles. The molecule has 1 rings (SSSR count). The van der Waals surface area contributed by atoms with Gasteiger partial charge in [-0.3, -0.25) is 0 Å². The van der Waals surface area contributed by atoms with Crippen molar-refractivity contribution in [2.24, 2.45) is 0 Å². The van der Waals surface area contributed by atoms with Crippen LogP contribution in [0.15, 0.2) is 33.6 Å². The molecule has 0 aromatic heterocycles. The molecular weight excluding hydrogens is 282 g/mol. The molecule has 0 aliphatic carbocycles. The van der Waals surface area contributed by atoms with Crippen molar-refractivity contribution in [1.29, 1.82) is 0 Å². The molecule has 0 bridgehead atoms. The number of thioether (sulfide) groups is 1. The minimum Gasteiger partial charge on any atom is -0.314 e. The Kier molecular flexibility index (Phi) is 6.47. The third-order valence-electron chi connectivity index (χ3n) is 2.39. The summed E-state index contributed by atoms with van der Waals surface area (Å²) in [6.07, 6.45) is 1.20. The molecule has 1 N–H and O–H groups in total. The number of rotatable bonds is 6. The summed E-state index contributed by atoms with van der Waals surface area (Å²) >= 11 is 5.40. The van der Waals surface area contributed by atoms with Crippen LogP contribution >= 0.6 is 27.7 Å². The SMILES string of the molecule is CCNC(C)CC(C)Sc1ccc(Br)cc1. The highest BCUT2D eigenvalue weighted by molar-refractivity contribution is 9.10. The third-order valence-corrected chi connectivity index (χ3v) is 4.06. The molecule has 1 aromatic carbocycles. The van der Waals surface area contributed by atoms with E-state index in [9.17, 15) is 0 Å². The van der Waals surface area contributed by atoms with Crippen LogP contribution in [0.4, 0.5) is 0 Å². The van der Waals surface area contributed by atoms with E-state index in [1.54, 1.807) is 0 Å². The fraction of sp³-hybridized carbons (Fsp3) is 0.538. The fourth-order valence-corrected chi connectivity index (χ4v) is 3.13. The van der Waals surface area contributed by atoms with Gasteiger partial charge < -0.3 is 5.32 Å². The molecule has 0 aliphatic heterocycles. The summed E-state index contributed by atoms with van der Waals surface area (Å²) in [5.74, 6) is 0. The lowest BCUT2D eigenvalue weighted by Gasteiger charge is -2.17. The summed E-state index contributed by atoms with van der Waals surface area (Å²) in [7, 11) is 0. The van der Waals surface area contributed by atoms with Gasteiger partial charge in [0.05, 0.1) is 0 Å². The predicted octanol–water partition coefficient (Wildman–Crippen LogP) is 4.32. The van der Waals surface area contributed by atoms with Crippen LogP contribution in [0.1, 0.15) is 27.2 Å². The molecule has 90 valence electrons. The van der Waals surface area contributed by atoms with Crippen molar-refractivity contribution in [3.63, 3.8) is 0 Å². The molecule has 0 radical (unpaired) electrons. The maximum absolute atomic E-state index is 3.45. The van der Waals surface area contributed by atoms with Crippen molar-refractivity contribution in [1.82, 2.24) is 5.32 Å². The first-order valence-electron chi connectivity index (χ1n) is 5.77. The molecule has 0 amide bonds. The fourth-order valence-electron chi connectivity index (χ4n) is 1.72. The quantitative estimate of drug-likeness (QED) is 0.786. The van der Waals surface area contributed by atoms with E-state index in [-0.39, 0.29) is 0 Å². The van der Waals surface area contributed by atoms with Gasteiger partial charge in [0.25, 0.3) is 0 Å². The first-order valence-corrected chi connectivity index (χ1v) is 7.44. The van der Waals surface area contributed by atoms with Gasteiger partial charge in [-0.25, -0.2) is 0 Å². The van der Waals surface area contributed by atoms with Gasteiger partial charge in [-0.05, 0) is 44.2 Å². The second-order valence-electron chi connectivity index (χ2n) is 4.08. The Hall–Kier alpha value is 0.01000. The average molecular weight is 302 g/mol. The molecule has 0 saturated carbocycles. The molecule has 0 spiro atoms. The monoisotopic (exact) mass is 301 g/mol. The first-order chi connectivity index (χ1) is 7.61. The zero-order valence-electron chi connectivity index (χ0n) is 10.2. The molecule has 2 atom stereocenters. The van der Waals surface area contributed by atoms with Crippen LogP contribution in [0.2, 0.25) is 0 Å². The lowest BCUT2D eigenvalue weighted by molar-refractivity contribution is 0.530. The van der Waals surface area contributed by atoms with E-state index in [2.05, 4.69) is 66.3 Å². The van der Waals surface area contributed by atoms with E-state index < -0.39 is 0 Å². The van der Waals surface area contributed by atoms with Gasteiger partial charge in [-0.15, -0.1) is 11.8 Å². The Morgan fingerprint density at radius 3 is 2.44 bits per heavy atom. The predicted molar refractivity (Wildman–Crippen MR) is 77.2 cm³/mol. The zero-order chi connectivity index (χ0) is 12.0. The van der Waals surface area contributed by atoms with Crippen LogP contribution in [-0.2, 0) is 0 Å². The first kappa shape index (κ1) is 14.1. The number of halogens is 1. The lowest BCUT2D eigenvalue weighted by atomic mass is 10.2. The molecule has 16 heavy (non-hydrogen) atoms. The summed E-state index contributed by atoms with van der Waals surface area (Å²) in [5, 5.41) is 4.10. The number of benzene rings is 1. The molecule has 2 unspecified atom stereocenters. The van der Waals surface area contributed by atoms with Gasteiger partial charge in [-0.2, -0.15) is 0 Å². The van der Waals surface area contributed by atoms with Crippen molar-refractivity contribution in [2.45, 2.75) is 43.4 Å². The minimum absolute atomic E-state index is 0.600. The highest BCUT2D eigenvalue weighted by atomic mass is 79.9. The van der Waals surface area contributed by atoms with Crippen LogP contribution in [0, 0.1) is 0 Å². The van der Waals surface area contributed by atoms with Gasteiger partial charge in [-0.1, -0.05) is 29.8 Å². The molecule has 0 fully saturated rings. The van der Waals surface area contributed by atoms with Gasteiger partial charge >= 0.3 is 0 Å². The van der Waals surface area contributed by atoms with Gasteiger partial charge in [0.2, 0.25) is 0 Å². The van der Waals surface area contributed by atoms with Crippen LogP contribution in [-0.4, -0.2) is 17.8 Å². The summed E-state index contributed by atoms with van der Waals surface area (Å²) in [6, 6.07) is 9.14. The van der Waals surface area contributed by atoms with Gasteiger partial charge in [0.1, 0.15) is 0 Å². The van der Waals surface area contributed by atoms with Crippen molar-refractivity contribution in [3.8, 4) is 0 Å². The van der Waals surface area contributed by atoms with Crippen molar-refractivity contribution in [3.05, 3.63) is 28.7 Å². The van der Waals surface area contributed by atoms with Crippen LogP contribution in [0.25, 0.3) is 0 Å². The zero-order valence-corrected chi connectivity index (χ0v) is 12.6. The Balaban J connectivity index is 2.39. The summed E-state index contributed by atoms with van der Waals surface area (Å²) in [5.41, 5.74) is 0. The molecule has 1 nitrogen and oxygen atoms in total. The van der Waals surface area contributed by atoms with Crippen molar-refractivity contribution >= 4 is 27.7 Å². The second-order valence-corrected chi connectivity index (χ2v) is 6.50. The second kappa shape index (κ2) is 7.36. The van der Waals surface area contributed by atoms with Crippen LogP contribution < -0.4 is 5.32 Å². The van der Waals surface area contributed by atoms with E-state index in [0.29, 0.717) is 11.3 Å². The Morgan fingerprint density at radius 1 is 1.25 bits per heavy atom. The van der Waals surface area contributed by atoms with E-state index in [4.69, 9.17) is 0 Å². The average Bonchev–Trinajstić information content (AvgIpc) is 2.21. The van der Waals surface area contributed by atoms with Crippen LogP contribution in [0.3, 0.4) is 0 Å². The highest BCUT2D eigenvalue weighted by Crippen LogP contribution is 2.27. The Morgan fingerprint density at radius 2 is 1.88 bits per heavy atom. The minimum atomic E-state index is 0.600. The molecule has 1 aromatic rings. The summed E-state index contributed by atoms with van der Waals surface area (Å²) in [6.45, 7) is 7.75. The maximum Gasteiger partial charge on any atom is 0.0176 e. The topological polar surface area (TPSA) is 12.0 Å². The van der Waals surface area contributed by atoms with Gasteiger partial charge in [0.15, 0.2) is 0 Å². The van der Waals surface area contributed by atoms with E-state index >= 15 is 0 Å². The van der Waals surface area contributed by atoms with E-state index in [0.717, 1.165) is 11.0 Å². The molecular formula is C13H20BrNS. The highest BCUT2D eigenvalue weighted by Gasteiger charge is 2.08. The standard InChI is InChI=1S/C13H20BrNS/c1-4-15-10(2)9-11(3)16-13-7-5-12(14)6-8-13/h5-8,10-11,15H,4,9H2,1-3H3. The molecule has 3 heteroatoms. The number of hydrogen-bond donors (Lipinski definition) is 1. The third kappa shape index (κ3) is 5.37.